The largest absolute Gasteiger partial charge is 0.378 e. The van der Waals surface area contributed by atoms with E-state index in [1.165, 1.54) is 0 Å². The second kappa shape index (κ2) is 7.99. The van der Waals surface area contributed by atoms with Crippen molar-refractivity contribution in [3.63, 3.8) is 0 Å². The molecule has 0 saturated carbocycles. The Morgan fingerprint density at radius 1 is 1.35 bits per heavy atom. The van der Waals surface area contributed by atoms with Crippen molar-refractivity contribution < 1.29 is 9.59 Å². The minimum atomic E-state index is -0.0868. The maximum absolute atomic E-state index is 12.7. The maximum Gasteiger partial charge on any atom is 0.253 e. The molecule has 1 aromatic rings. The van der Waals surface area contributed by atoms with Crippen LogP contribution < -0.4 is 10.2 Å². The number of nitrogens with zero attached hydrogens (tertiary/aromatic N) is 2. The molecule has 1 aliphatic heterocycles. The summed E-state index contributed by atoms with van der Waals surface area (Å²) < 4.78 is 0. The van der Waals surface area contributed by atoms with Crippen LogP contribution in [0.3, 0.4) is 0 Å². The fourth-order valence-electron chi connectivity index (χ4n) is 2.87. The first kappa shape index (κ1) is 17.3. The zero-order valence-electron chi connectivity index (χ0n) is 14.3. The second-order valence-corrected chi connectivity index (χ2v) is 6.33. The highest BCUT2D eigenvalue weighted by atomic mass is 16.2. The molecule has 0 radical (unpaired) electrons. The highest BCUT2D eigenvalue weighted by Gasteiger charge is 2.28. The Morgan fingerprint density at radius 2 is 2.13 bits per heavy atom. The smallest absolute Gasteiger partial charge is 0.253 e. The molecule has 1 fully saturated rings. The van der Waals surface area contributed by atoms with Crippen LogP contribution in [0.4, 0.5) is 5.69 Å². The van der Waals surface area contributed by atoms with E-state index in [4.69, 9.17) is 0 Å². The monoisotopic (exact) mass is 317 g/mol. The van der Waals surface area contributed by atoms with Gasteiger partial charge in [0, 0.05) is 45.0 Å². The molecule has 5 heteroatoms. The molecule has 0 aliphatic carbocycles. The van der Waals surface area contributed by atoms with Gasteiger partial charge in [-0.25, -0.2) is 0 Å². The van der Waals surface area contributed by atoms with Gasteiger partial charge in [-0.2, -0.15) is 0 Å². The fourth-order valence-corrected chi connectivity index (χ4v) is 2.87. The van der Waals surface area contributed by atoms with Gasteiger partial charge in [0.15, 0.2) is 0 Å². The Balaban J connectivity index is 2.04. The van der Waals surface area contributed by atoms with Crippen LogP contribution in [0.2, 0.25) is 0 Å². The van der Waals surface area contributed by atoms with Crippen molar-refractivity contribution in [1.29, 1.82) is 0 Å². The summed E-state index contributed by atoms with van der Waals surface area (Å²) in [5, 5.41) is 2.94. The summed E-state index contributed by atoms with van der Waals surface area (Å²) in [5.41, 5.74) is 1.69. The van der Waals surface area contributed by atoms with E-state index >= 15 is 0 Å². The number of nitrogens with one attached hydrogen (secondary N) is 1. The molecule has 0 unspecified atom stereocenters. The van der Waals surface area contributed by atoms with Crippen LogP contribution in [0.25, 0.3) is 0 Å². The first-order valence-electron chi connectivity index (χ1n) is 8.37. The maximum atomic E-state index is 12.7. The Morgan fingerprint density at radius 3 is 2.83 bits per heavy atom. The van der Waals surface area contributed by atoms with E-state index in [9.17, 15) is 9.59 Å². The third-order valence-electron chi connectivity index (χ3n) is 4.24. The fraction of sp³-hybridized carbons (Fsp3) is 0.556. The average molecular weight is 317 g/mol. The molecular formula is C18H27N3O2. The Labute approximate surface area is 138 Å². The first-order valence-corrected chi connectivity index (χ1v) is 8.37. The molecule has 5 nitrogen and oxygen atoms in total. The molecule has 0 aromatic heterocycles. The van der Waals surface area contributed by atoms with Crippen LogP contribution >= 0.6 is 0 Å². The lowest BCUT2D eigenvalue weighted by atomic mass is 9.96. The molecule has 2 rings (SSSR count). The predicted octanol–water partition coefficient (Wildman–Crippen LogP) is 2.13. The summed E-state index contributed by atoms with van der Waals surface area (Å²) >= 11 is 0. The number of benzene rings is 1. The van der Waals surface area contributed by atoms with Gasteiger partial charge in [-0.3, -0.25) is 9.59 Å². The van der Waals surface area contributed by atoms with Gasteiger partial charge in [-0.1, -0.05) is 13.0 Å². The Hall–Kier alpha value is -2.04. The number of anilines is 1. The molecule has 0 spiro atoms. The summed E-state index contributed by atoms with van der Waals surface area (Å²) in [6.45, 7) is 3.98. The first-order chi connectivity index (χ1) is 11.0. The Kier molecular flexibility index (Phi) is 6.02. The highest BCUT2D eigenvalue weighted by molar-refractivity contribution is 5.95. The molecule has 1 saturated heterocycles. The second-order valence-electron chi connectivity index (χ2n) is 6.33. The van der Waals surface area contributed by atoms with Crippen LogP contribution in [0.5, 0.6) is 0 Å². The van der Waals surface area contributed by atoms with Gasteiger partial charge in [0.05, 0.1) is 5.92 Å². The van der Waals surface area contributed by atoms with E-state index in [1.54, 1.807) is 0 Å². The number of piperidine rings is 1. The van der Waals surface area contributed by atoms with Crippen molar-refractivity contribution in [2.75, 3.05) is 38.6 Å². The van der Waals surface area contributed by atoms with Crippen LogP contribution in [-0.4, -0.2) is 50.4 Å². The van der Waals surface area contributed by atoms with Crippen LogP contribution in [0.1, 0.15) is 36.5 Å². The van der Waals surface area contributed by atoms with E-state index in [0.717, 1.165) is 31.5 Å². The summed E-state index contributed by atoms with van der Waals surface area (Å²) in [4.78, 5) is 28.7. The summed E-state index contributed by atoms with van der Waals surface area (Å²) in [6, 6.07) is 7.63. The lowest BCUT2D eigenvalue weighted by molar-refractivity contribution is -0.126. The molecule has 0 bridgehead atoms. The van der Waals surface area contributed by atoms with Crippen LogP contribution in [-0.2, 0) is 4.79 Å². The lowest BCUT2D eigenvalue weighted by Crippen LogP contribution is -2.45. The topological polar surface area (TPSA) is 52.7 Å². The number of carbonyl (C=O) groups is 2. The van der Waals surface area contributed by atoms with E-state index in [2.05, 4.69) is 5.32 Å². The van der Waals surface area contributed by atoms with Crippen molar-refractivity contribution in [2.45, 2.75) is 26.2 Å². The van der Waals surface area contributed by atoms with Crippen molar-refractivity contribution in [3.05, 3.63) is 29.8 Å². The van der Waals surface area contributed by atoms with Gasteiger partial charge in [-0.05, 0) is 37.5 Å². The molecular weight excluding hydrogens is 290 g/mol. The van der Waals surface area contributed by atoms with Crippen LogP contribution in [0, 0.1) is 5.92 Å². The van der Waals surface area contributed by atoms with E-state index in [0.29, 0.717) is 18.7 Å². The van der Waals surface area contributed by atoms with E-state index < -0.39 is 0 Å². The van der Waals surface area contributed by atoms with Crippen molar-refractivity contribution in [3.8, 4) is 0 Å². The zero-order valence-corrected chi connectivity index (χ0v) is 14.3. The van der Waals surface area contributed by atoms with Gasteiger partial charge in [-0.15, -0.1) is 0 Å². The van der Waals surface area contributed by atoms with E-state index in [-0.39, 0.29) is 17.7 Å². The number of likely N-dealkylation sites (tertiary alicyclic amines) is 1. The average Bonchev–Trinajstić information content (AvgIpc) is 2.59. The van der Waals surface area contributed by atoms with Crippen molar-refractivity contribution in [2.24, 2.45) is 5.92 Å². The number of hydrogen-bond donors (Lipinski definition) is 1. The quantitative estimate of drug-likeness (QED) is 0.905. The van der Waals surface area contributed by atoms with Gasteiger partial charge >= 0.3 is 0 Å². The lowest BCUT2D eigenvalue weighted by Gasteiger charge is -2.32. The third-order valence-corrected chi connectivity index (χ3v) is 4.24. The third kappa shape index (κ3) is 4.47. The summed E-state index contributed by atoms with van der Waals surface area (Å²) in [6.07, 6.45) is 2.67. The normalized spacial score (nSPS) is 17.7. The Bertz CT molecular complexity index is 557. The van der Waals surface area contributed by atoms with Gasteiger partial charge < -0.3 is 15.1 Å². The van der Waals surface area contributed by atoms with Crippen molar-refractivity contribution in [1.82, 2.24) is 10.2 Å². The highest BCUT2D eigenvalue weighted by Crippen LogP contribution is 2.21. The molecule has 1 aromatic carbocycles. The predicted molar refractivity (Wildman–Crippen MR) is 92.7 cm³/mol. The zero-order chi connectivity index (χ0) is 16.8. The minimum Gasteiger partial charge on any atom is -0.378 e. The summed E-state index contributed by atoms with van der Waals surface area (Å²) in [7, 11) is 3.91. The number of carbonyl (C=O) groups excluding carboxylic acids is 2. The van der Waals surface area contributed by atoms with E-state index in [1.807, 2.05) is 55.1 Å². The van der Waals surface area contributed by atoms with Gasteiger partial charge in [0.1, 0.15) is 0 Å². The number of amides is 2. The minimum absolute atomic E-state index is 0.0155. The van der Waals surface area contributed by atoms with Gasteiger partial charge in [0.2, 0.25) is 5.91 Å². The standard InChI is InChI=1S/C18H27N3O2/c1-4-10-19-17(22)15-8-6-11-21(13-15)18(23)14-7-5-9-16(12-14)20(2)3/h5,7,9,12,15H,4,6,8,10-11,13H2,1-3H3,(H,19,22)/t15-/m1/s1. The molecule has 2 amide bonds. The molecule has 126 valence electrons. The van der Waals surface area contributed by atoms with Crippen molar-refractivity contribution >= 4 is 17.5 Å². The number of hydrogen-bond acceptors (Lipinski definition) is 3. The SMILES string of the molecule is CCCNC(=O)[C@@H]1CCCN(C(=O)c2cccc(N(C)C)c2)C1. The molecule has 23 heavy (non-hydrogen) atoms. The molecule has 1 atom stereocenters. The molecule has 1 N–H and O–H groups in total. The molecule has 1 heterocycles. The summed E-state index contributed by atoms with van der Waals surface area (Å²) in [5.74, 6) is 0.00404. The molecule has 1 aliphatic rings. The van der Waals surface area contributed by atoms with Crippen LogP contribution in [0.15, 0.2) is 24.3 Å². The number of rotatable bonds is 5. The van der Waals surface area contributed by atoms with Gasteiger partial charge in [0.25, 0.3) is 5.91 Å².